The van der Waals surface area contributed by atoms with E-state index in [-0.39, 0.29) is 5.56 Å². The molecule has 0 N–H and O–H groups in total. The fourth-order valence-corrected chi connectivity index (χ4v) is 3.29. The van der Waals surface area contributed by atoms with Crippen molar-refractivity contribution in [3.8, 4) is 17.2 Å². The van der Waals surface area contributed by atoms with Crippen molar-refractivity contribution in [1.29, 1.82) is 0 Å². The van der Waals surface area contributed by atoms with E-state index in [1.807, 2.05) is 18.7 Å². The molecule has 0 aliphatic carbocycles. The minimum absolute atomic E-state index is 0.256. The molecular weight excluding hydrogens is 386 g/mol. The van der Waals surface area contributed by atoms with Crippen LogP contribution in [0.4, 0.5) is 5.95 Å². The van der Waals surface area contributed by atoms with E-state index >= 15 is 0 Å². The lowest BCUT2D eigenvalue weighted by molar-refractivity contribution is 0.0601. The van der Waals surface area contributed by atoms with Crippen molar-refractivity contribution < 1.29 is 19.0 Å². The van der Waals surface area contributed by atoms with Gasteiger partial charge in [0.15, 0.2) is 0 Å². The van der Waals surface area contributed by atoms with Gasteiger partial charge in [-0.15, -0.1) is 0 Å². The number of esters is 1. The molecule has 2 aromatic carbocycles. The molecule has 0 saturated carbocycles. The van der Waals surface area contributed by atoms with Crippen LogP contribution < -0.4 is 19.9 Å². The zero-order chi connectivity index (χ0) is 21.8. The predicted molar refractivity (Wildman–Crippen MR) is 115 cm³/mol. The predicted octanol–water partition coefficient (Wildman–Crippen LogP) is 3.04. The zero-order valence-electron chi connectivity index (χ0n) is 17.8. The minimum atomic E-state index is -0.482. The lowest BCUT2D eigenvalue weighted by atomic mass is 10.1. The summed E-state index contributed by atoms with van der Waals surface area (Å²) in [4.78, 5) is 32.2. The quantitative estimate of drug-likeness (QED) is 0.553. The number of carbonyl (C=O) groups is 1. The van der Waals surface area contributed by atoms with Crippen LogP contribution in [0.3, 0.4) is 0 Å². The largest absolute Gasteiger partial charge is 0.497 e. The van der Waals surface area contributed by atoms with Crippen LogP contribution in [0.15, 0.2) is 41.2 Å². The monoisotopic (exact) mass is 411 g/mol. The Labute approximate surface area is 174 Å². The first-order valence-electron chi connectivity index (χ1n) is 9.60. The van der Waals surface area contributed by atoms with E-state index in [1.54, 1.807) is 50.6 Å². The van der Waals surface area contributed by atoms with Crippen LogP contribution in [0.5, 0.6) is 11.5 Å². The van der Waals surface area contributed by atoms with Gasteiger partial charge in [-0.3, -0.25) is 4.79 Å². The maximum absolute atomic E-state index is 13.5. The number of nitrogens with zero attached hydrogens (tertiary/aromatic N) is 3. The van der Waals surface area contributed by atoms with Crippen molar-refractivity contribution in [2.45, 2.75) is 13.8 Å². The Kier molecular flexibility index (Phi) is 6.25. The van der Waals surface area contributed by atoms with Crippen LogP contribution in [0.25, 0.3) is 16.6 Å². The summed E-state index contributed by atoms with van der Waals surface area (Å²) in [6.45, 7) is 5.26. The molecule has 30 heavy (non-hydrogen) atoms. The van der Waals surface area contributed by atoms with Crippen LogP contribution in [-0.4, -0.2) is 49.9 Å². The van der Waals surface area contributed by atoms with Crippen molar-refractivity contribution in [1.82, 2.24) is 9.55 Å². The second-order valence-corrected chi connectivity index (χ2v) is 6.52. The summed E-state index contributed by atoms with van der Waals surface area (Å²) in [5.74, 6) is 1.10. The molecule has 0 unspecified atom stereocenters. The van der Waals surface area contributed by atoms with Gasteiger partial charge in [0.05, 0.1) is 43.5 Å². The van der Waals surface area contributed by atoms with Crippen molar-refractivity contribution in [2.24, 2.45) is 0 Å². The van der Waals surface area contributed by atoms with Crippen LogP contribution in [0, 0.1) is 0 Å². The highest BCUT2D eigenvalue weighted by Crippen LogP contribution is 2.27. The number of aromatic nitrogens is 2. The zero-order valence-corrected chi connectivity index (χ0v) is 17.8. The highest BCUT2D eigenvalue weighted by Gasteiger charge is 2.19. The SMILES string of the molecule is CCN(CC)c1nc2cc(C(=O)OC)ccc2c(=O)n1-c1cc(OC)cc(OC)c1. The Bertz CT molecular complexity index is 1110. The van der Waals surface area contributed by atoms with Gasteiger partial charge in [0, 0.05) is 31.3 Å². The van der Waals surface area contributed by atoms with Gasteiger partial charge in [0.25, 0.3) is 5.56 Å². The molecule has 0 fully saturated rings. The number of methoxy groups -OCH3 is 3. The molecule has 0 atom stereocenters. The summed E-state index contributed by atoms with van der Waals surface area (Å²) in [5.41, 5.74) is 1.08. The smallest absolute Gasteiger partial charge is 0.337 e. The molecule has 0 bridgehead atoms. The van der Waals surface area contributed by atoms with Crippen molar-refractivity contribution in [3.05, 3.63) is 52.3 Å². The lowest BCUT2D eigenvalue weighted by Gasteiger charge is -2.24. The van der Waals surface area contributed by atoms with E-state index in [1.165, 1.54) is 11.7 Å². The number of benzene rings is 2. The van der Waals surface area contributed by atoms with Gasteiger partial charge >= 0.3 is 5.97 Å². The van der Waals surface area contributed by atoms with Crippen molar-refractivity contribution in [3.63, 3.8) is 0 Å². The van der Waals surface area contributed by atoms with E-state index in [9.17, 15) is 9.59 Å². The van der Waals surface area contributed by atoms with Crippen LogP contribution >= 0.6 is 0 Å². The molecule has 3 rings (SSSR count). The fraction of sp³-hybridized carbons (Fsp3) is 0.318. The van der Waals surface area contributed by atoms with Gasteiger partial charge in [-0.2, -0.15) is 0 Å². The summed E-state index contributed by atoms with van der Waals surface area (Å²) in [6.07, 6.45) is 0. The molecule has 0 amide bonds. The molecule has 0 aliphatic rings. The fourth-order valence-electron chi connectivity index (χ4n) is 3.29. The summed E-state index contributed by atoms with van der Waals surface area (Å²) in [6, 6.07) is 9.98. The number of fused-ring (bicyclic) bond motifs is 1. The third-order valence-corrected chi connectivity index (χ3v) is 4.91. The topological polar surface area (TPSA) is 82.9 Å². The average molecular weight is 411 g/mol. The molecule has 158 valence electrons. The van der Waals surface area contributed by atoms with E-state index in [0.717, 1.165) is 0 Å². The molecule has 1 aromatic heterocycles. The van der Waals surface area contributed by atoms with Crippen LogP contribution in [0.2, 0.25) is 0 Å². The van der Waals surface area contributed by atoms with E-state index in [2.05, 4.69) is 0 Å². The molecule has 1 heterocycles. The van der Waals surface area contributed by atoms with Crippen LogP contribution in [0.1, 0.15) is 24.2 Å². The maximum Gasteiger partial charge on any atom is 0.337 e. The first-order valence-corrected chi connectivity index (χ1v) is 9.60. The van der Waals surface area contributed by atoms with Crippen molar-refractivity contribution >= 4 is 22.8 Å². The number of hydrogen-bond acceptors (Lipinski definition) is 7. The van der Waals surface area contributed by atoms with Gasteiger partial charge < -0.3 is 19.1 Å². The normalized spacial score (nSPS) is 10.7. The summed E-state index contributed by atoms with van der Waals surface area (Å²) in [5, 5.41) is 0.389. The standard InChI is InChI=1S/C22H25N3O5/c1-6-24(7-2)22-23-19-10-14(21(27)30-5)8-9-18(19)20(26)25(22)15-11-16(28-3)13-17(12-15)29-4/h8-13H,6-7H2,1-5H3. The Balaban J connectivity index is 2.37. The minimum Gasteiger partial charge on any atom is -0.497 e. The third-order valence-electron chi connectivity index (χ3n) is 4.91. The highest BCUT2D eigenvalue weighted by atomic mass is 16.5. The number of hydrogen-bond donors (Lipinski definition) is 0. The molecule has 0 spiro atoms. The molecule has 0 saturated heterocycles. The number of rotatable bonds is 7. The van der Waals surface area contributed by atoms with E-state index < -0.39 is 5.97 Å². The Hall–Kier alpha value is -3.55. The second-order valence-electron chi connectivity index (χ2n) is 6.52. The molecule has 8 nitrogen and oxygen atoms in total. The van der Waals surface area contributed by atoms with E-state index in [4.69, 9.17) is 19.2 Å². The summed E-state index contributed by atoms with van der Waals surface area (Å²) in [7, 11) is 4.43. The molecule has 0 aliphatic heterocycles. The second kappa shape index (κ2) is 8.86. The first-order chi connectivity index (χ1) is 14.5. The Morgan fingerprint density at radius 1 is 1.00 bits per heavy atom. The molecule has 3 aromatic rings. The van der Waals surface area contributed by atoms with Crippen molar-refractivity contribution in [2.75, 3.05) is 39.3 Å². The Morgan fingerprint density at radius 3 is 2.17 bits per heavy atom. The molecular formula is C22H25N3O5. The van der Waals surface area contributed by atoms with Gasteiger partial charge in [0.1, 0.15) is 11.5 Å². The average Bonchev–Trinajstić information content (AvgIpc) is 2.78. The molecule has 8 heteroatoms. The molecule has 0 radical (unpaired) electrons. The number of carbonyl (C=O) groups excluding carboxylic acids is 1. The van der Waals surface area contributed by atoms with Gasteiger partial charge in [0.2, 0.25) is 5.95 Å². The van der Waals surface area contributed by atoms with Gasteiger partial charge in [-0.05, 0) is 32.0 Å². The van der Waals surface area contributed by atoms with Gasteiger partial charge in [-0.25, -0.2) is 14.3 Å². The third kappa shape index (κ3) is 3.80. The Morgan fingerprint density at radius 2 is 1.63 bits per heavy atom. The van der Waals surface area contributed by atoms with E-state index in [0.29, 0.717) is 52.7 Å². The first kappa shape index (κ1) is 21.2. The summed E-state index contributed by atoms with van der Waals surface area (Å²) >= 11 is 0. The van der Waals surface area contributed by atoms with Gasteiger partial charge in [-0.1, -0.05) is 0 Å². The van der Waals surface area contributed by atoms with Crippen LogP contribution in [-0.2, 0) is 4.74 Å². The summed E-state index contributed by atoms with van der Waals surface area (Å²) < 4.78 is 17.1. The maximum atomic E-state index is 13.5. The number of ether oxygens (including phenoxy) is 3. The lowest BCUT2D eigenvalue weighted by Crippen LogP contribution is -2.32. The highest BCUT2D eigenvalue weighted by molar-refractivity contribution is 5.94. The number of anilines is 1.